The number of fused-ring (bicyclic) bond motifs is 1. The zero-order valence-electron chi connectivity index (χ0n) is 24.2. The summed E-state index contributed by atoms with van der Waals surface area (Å²) in [4.78, 5) is 33.7. The standard InChI is InChI=1S/C28H37ClN6O6S/c1-18-15-21(34(42(38)39)12-14-40-13-11-30-27(37)41-28(2,3)4)9-10-23(18)32-26-31-17-19-16-22(29)25(36)35(24(19)33-26)20-7-5-6-8-20/h9-10,15-17,20H,5-8,11-14H2,1-4H3,(H,30,37)(H,38,39)(H,31,32,33). The van der Waals surface area contributed by atoms with Gasteiger partial charge in [0.25, 0.3) is 16.8 Å². The average molecular weight is 621 g/mol. The highest BCUT2D eigenvalue weighted by Gasteiger charge is 2.23. The summed E-state index contributed by atoms with van der Waals surface area (Å²) in [6, 6.07) is 6.91. The van der Waals surface area contributed by atoms with E-state index in [1.54, 1.807) is 55.8 Å². The number of carbonyl (C=O) groups is 1. The fourth-order valence-electron chi connectivity index (χ4n) is 4.80. The van der Waals surface area contributed by atoms with Crippen LogP contribution < -0.4 is 20.5 Å². The van der Waals surface area contributed by atoms with Crippen LogP contribution >= 0.6 is 11.6 Å². The summed E-state index contributed by atoms with van der Waals surface area (Å²) in [5.74, 6) is 0.322. The largest absolute Gasteiger partial charge is 0.444 e. The number of ether oxygens (including phenoxy) is 2. The van der Waals surface area contributed by atoms with E-state index in [1.165, 1.54) is 4.31 Å². The van der Waals surface area contributed by atoms with Crippen molar-refractivity contribution in [2.24, 2.45) is 0 Å². The maximum atomic E-state index is 12.9. The van der Waals surface area contributed by atoms with Gasteiger partial charge in [-0.3, -0.25) is 18.2 Å². The first kappa shape index (κ1) is 31.7. The van der Waals surface area contributed by atoms with Crippen molar-refractivity contribution in [3.8, 4) is 0 Å². The van der Waals surface area contributed by atoms with Gasteiger partial charge in [-0.25, -0.2) is 14.0 Å². The lowest BCUT2D eigenvalue weighted by Crippen LogP contribution is -2.35. The van der Waals surface area contributed by atoms with E-state index < -0.39 is 23.0 Å². The second-order valence-corrected chi connectivity index (χ2v) is 12.4. The molecule has 1 aliphatic carbocycles. The second-order valence-electron chi connectivity index (χ2n) is 11.1. The SMILES string of the molecule is Cc1cc(N(CCOCCNC(=O)OC(C)(C)C)S(=O)O)ccc1Nc1ncc2cc(Cl)c(=O)n(C3CCCC3)c2n1. The molecule has 0 saturated heterocycles. The van der Waals surface area contributed by atoms with Gasteiger partial charge in [0, 0.05) is 29.9 Å². The third-order valence-corrected chi connectivity index (χ3v) is 7.75. The van der Waals surface area contributed by atoms with Crippen molar-refractivity contribution in [3.05, 3.63) is 51.4 Å². The molecule has 228 valence electrons. The van der Waals surface area contributed by atoms with Crippen molar-refractivity contribution < 1.29 is 23.0 Å². The van der Waals surface area contributed by atoms with Crippen molar-refractivity contribution in [2.75, 3.05) is 35.9 Å². The van der Waals surface area contributed by atoms with Gasteiger partial charge in [-0.1, -0.05) is 24.4 Å². The van der Waals surface area contributed by atoms with Crippen LogP contribution in [0.25, 0.3) is 11.0 Å². The molecule has 1 amide bonds. The van der Waals surface area contributed by atoms with Crippen LogP contribution in [-0.4, -0.2) is 61.3 Å². The molecule has 0 spiro atoms. The maximum Gasteiger partial charge on any atom is 0.407 e. The predicted octanol–water partition coefficient (Wildman–Crippen LogP) is 5.10. The van der Waals surface area contributed by atoms with E-state index in [1.807, 2.05) is 6.92 Å². The molecule has 0 bridgehead atoms. The Morgan fingerprint density at radius 2 is 1.98 bits per heavy atom. The van der Waals surface area contributed by atoms with Gasteiger partial charge in [0.05, 0.1) is 25.4 Å². The first-order chi connectivity index (χ1) is 19.9. The van der Waals surface area contributed by atoms with E-state index in [0.717, 1.165) is 31.2 Å². The zero-order valence-corrected chi connectivity index (χ0v) is 25.8. The minimum absolute atomic E-state index is 0.0537. The molecule has 1 saturated carbocycles. The van der Waals surface area contributed by atoms with E-state index in [9.17, 15) is 18.4 Å². The van der Waals surface area contributed by atoms with Crippen molar-refractivity contribution in [1.29, 1.82) is 0 Å². The van der Waals surface area contributed by atoms with Gasteiger partial charge in [0.2, 0.25) is 5.95 Å². The Labute approximate surface area is 252 Å². The Balaban J connectivity index is 1.40. The number of anilines is 3. The molecule has 3 aromatic rings. The lowest BCUT2D eigenvalue weighted by atomic mass is 10.1. The highest BCUT2D eigenvalue weighted by molar-refractivity contribution is 7.80. The van der Waals surface area contributed by atoms with Crippen LogP contribution in [0.4, 0.5) is 22.1 Å². The van der Waals surface area contributed by atoms with Crippen LogP contribution in [0.2, 0.25) is 5.02 Å². The summed E-state index contributed by atoms with van der Waals surface area (Å²) in [6.07, 6.45) is 5.03. The van der Waals surface area contributed by atoms with Gasteiger partial charge in [0.1, 0.15) is 16.3 Å². The van der Waals surface area contributed by atoms with Gasteiger partial charge in [-0.15, -0.1) is 0 Å². The molecule has 1 aromatic carbocycles. The van der Waals surface area contributed by atoms with Gasteiger partial charge in [-0.2, -0.15) is 4.98 Å². The van der Waals surface area contributed by atoms with Gasteiger partial charge in [-0.05, 0) is 70.4 Å². The molecule has 2 aromatic heterocycles. The van der Waals surface area contributed by atoms with E-state index >= 15 is 0 Å². The summed E-state index contributed by atoms with van der Waals surface area (Å²) in [5.41, 5.74) is 1.72. The second kappa shape index (κ2) is 13.8. The first-order valence-corrected chi connectivity index (χ1v) is 15.3. The van der Waals surface area contributed by atoms with Crippen molar-refractivity contribution in [2.45, 2.75) is 65.0 Å². The zero-order chi connectivity index (χ0) is 30.4. The van der Waals surface area contributed by atoms with Gasteiger partial charge >= 0.3 is 6.09 Å². The van der Waals surface area contributed by atoms with Crippen LogP contribution in [0.1, 0.15) is 58.1 Å². The summed E-state index contributed by atoms with van der Waals surface area (Å²) in [6.45, 7) is 7.98. The monoisotopic (exact) mass is 620 g/mol. The molecular weight excluding hydrogens is 584 g/mol. The van der Waals surface area contributed by atoms with E-state index in [0.29, 0.717) is 28.4 Å². The molecule has 12 nitrogen and oxygen atoms in total. The summed E-state index contributed by atoms with van der Waals surface area (Å²) >= 11 is 3.95. The number of benzene rings is 1. The van der Waals surface area contributed by atoms with Crippen LogP contribution in [0.15, 0.2) is 35.3 Å². The van der Waals surface area contributed by atoms with E-state index in [-0.39, 0.29) is 42.9 Å². The number of nitrogens with one attached hydrogen (secondary N) is 2. The van der Waals surface area contributed by atoms with Crippen LogP contribution in [0, 0.1) is 6.92 Å². The van der Waals surface area contributed by atoms with Crippen LogP contribution in [-0.2, 0) is 20.7 Å². The molecule has 1 fully saturated rings. The minimum atomic E-state index is -2.28. The number of rotatable bonds is 11. The van der Waals surface area contributed by atoms with Crippen molar-refractivity contribution in [1.82, 2.24) is 19.9 Å². The number of hydrogen-bond acceptors (Lipinski definition) is 8. The third kappa shape index (κ3) is 8.18. The van der Waals surface area contributed by atoms with Crippen molar-refractivity contribution in [3.63, 3.8) is 0 Å². The van der Waals surface area contributed by atoms with Gasteiger partial charge in [0.15, 0.2) is 0 Å². The Morgan fingerprint density at radius 1 is 1.24 bits per heavy atom. The number of amides is 1. The lowest BCUT2D eigenvalue weighted by molar-refractivity contribution is 0.0501. The average Bonchev–Trinajstić information content (AvgIpc) is 3.44. The third-order valence-electron chi connectivity index (χ3n) is 6.71. The molecule has 1 unspecified atom stereocenters. The molecular formula is C28H37ClN6O6S. The molecule has 0 radical (unpaired) electrons. The lowest BCUT2D eigenvalue weighted by Gasteiger charge is -2.22. The Morgan fingerprint density at radius 3 is 2.64 bits per heavy atom. The maximum absolute atomic E-state index is 12.9. The fraction of sp³-hybridized carbons (Fsp3) is 0.500. The molecule has 2 heterocycles. The number of carbonyl (C=O) groups excluding carboxylic acids is 1. The molecule has 1 atom stereocenters. The molecule has 1 aliphatic rings. The van der Waals surface area contributed by atoms with Gasteiger partial charge < -0.3 is 20.1 Å². The number of aryl methyl sites for hydroxylation is 1. The van der Waals surface area contributed by atoms with E-state index in [2.05, 4.69) is 20.6 Å². The molecule has 4 rings (SSSR count). The summed E-state index contributed by atoms with van der Waals surface area (Å²) in [5, 5.41) is 6.64. The Hall–Kier alpha value is -3.26. The van der Waals surface area contributed by atoms with E-state index in [4.69, 9.17) is 21.1 Å². The number of alkyl carbamates (subject to hydrolysis) is 1. The molecule has 42 heavy (non-hydrogen) atoms. The van der Waals surface area contributed by atoms with Crippen LogP contribution in [0.3, 0.4) is 0 Å². The molecule has 14 heteroatoms. The molecule has 0 aliphatic heterocycles. The number of halogens is 1. The first-order valence-electron chi connectivity index (χ1n) is 13.8. The molecule has 3 N–H and O–H groups in total. The highest BCUT2D eigenvalue weighted by Crippen LogP contribution is 2.32. The van der Waals surface area contributed by atoms with Crippen LogP contribution in [0.5, 0.6) is 0 Å². The number of nitrogens with zero attached hydrogens (tertiary/aromatic N) is 4. The number of hydrogen-bond donors (Lipinski definition) is 3. The van der Waals surface area contributed by atoms with Crippen molar-refractivity contribution >= 4 is 57.3 Å². The Kier molecular flexibility index (Phi) is 10.4. The quantitative estimate of drug-likeness (QED) is 0.197. The number of aromatic nitrogens is 3. The minimum Gasteiger partial charge on any atom is -0.444 e. The smallest absolute Gasteiger partial charge is 0.407 e. The predicted molar refractivity (Wildman–Crippen MR) is 164 cm³/mol. The number of pyridine rings is 1. The summed E-state index contributed by atoms with van der Waals surface area (Å²) < 4.78 is 35.7. The summed E-state index contributed by atoms with van der Waals surface area (Å²) in [7, 11) is 0. The highest BCUT2D eigenvalue weighted by atomic mass is 35.5. The fourth-order valence-corrected chi connectivity index (χ4v) is 5.53. The normalized spacial score (nSPS) is 14.6. The topological polar surface area (TPSA) is 148 Å². The Bertz CT molecular complexity index is 1500.